The van der Waals surface area contributed by atoms with Crippen molar-refractivity contribution in [3.05, 3.63) is 65.7 Å². The van der Waals surface area contributed by atoms with E-state index >= 15 is 0 Å². The first-order valence-electron chi connectivity index (χ1n) is 9.02. The number of hydrogen-bond donors (Lipinski definition) is 1. The number of benzene rings is 1. The summed E-state index contributed by atoms with van der Waals surface area (Å²) in [4.78, 5) is 16.6. The molecule has 28 heavy (non-hydrogen) atoms. The average molecular weight is 399 g/mol. The van der Waals surface area contributed by atoms with Gasteiger partial charge in [-0.25, -0.2) is 0 Å². The zero-order valence-electron chi connectivity index (χ0n) is 16.1. The van der Waals surface area contributed by atoms with Gasteiger partial charge in [-0.2, -0.15) is 5.10 Å². The van der Waals surface area contributed by atoms with Crippen LogP contribution in [0.5, 0.6) is 5.75 Å². The standard InChI is InChI=1S/C21H23ClN4O2/c1-21(2,3)26-14-16(13-25-26)15-8-9-23-18(12-15)20(27)24-10-11-28-19-7-5-4-6-17(19)22/h4-9,12-14H,10-11H2,1-3H3,(H,24,27). The quantitative estimate of drug-likeness (QED) is 0.633. The number of halogens is 1. The van der Waals surface area contributed by atoms with E-state index in [1.54, 1.807) is 30.6 Å². The third-order valence-corrected chi connectivity index (χ3v) is 4.39. The summed E-state index contributed by atoms with van der Waals surface area (Å²) in [6.07, 6.45) is 5.38. The summed E-state index contributed by atoms with van der Waals surface area (Å²) in [5.41, 5.74) is 2.07. The molecule has 0 aliphatic carbocycles. The number of carbonyl (C=O) groups excluding carboxylic acids is 1. The van der Waals surface area contributed by atoms with Gasteiger partial charge in [0.2, 0.25) is 0 Å². The van der Waals surface area contributed by atoms with E-state index in [9.17, 15) is 4.79 Å². The van der Waals surface area contributed by atoms with E-state index in [4.69, 9.17) is 16.3 Å². The molecule has 0 saturated carbocycles. The molecule has 146 valence electrons. The smallest absolute Gasteiger partial charge is 0.270 e. The summed E-state index contributed by atoms with van der Waals surface area (Å²) in [7, 11) is 0. The molecule has 0 radical (unpaired) electrons. The second-order valence-corrected chi connectivity index (χ2v) is 7.72. The lowest BCUT2D eigenvalue weighted by molar-refractivity contribution is 0.0942. The number of amides is 1. The Bertz CT molecular complexity index is 963. The van der Waals surface area contributed by atoms with Crippen molar-refractivity contribution in [2.45, 2.75) is 26.3 Å². The molecule has 1 amide bonds. The zero-order chi connectivity index (χ0) is 20.1. The van der Waals surface area contributed by atoms with Crippen LogP contribution in [0.1, 0.15) is 31.3 Å². The van der Waals surface area contributed by atoms with Crippen LogP contribution in [-0.4, -0.2) is 33.8 Å². The molecule has 0 atom stereocenters. The van der Waals surface area contributed by atoms with Crippen LogP contribution >= 0.6 is 11.6 Å². The van der Waals surface area contributed by atoms with Gasteiger partial charge in [0, 0.05) is 18.0 Å². The van der Waals surface area contributed by atoms with Gasteiger partial charge in [0.15, 0.2) is 0 Å². The van der Waals surface area contributed by atoms with Crippen LogP contribution in [-0.2, 0) is 5.54 Å². The molecule has 0 saturated heterocycles. The number of rotatable bonds is 6. The van der Waals surface area contributed by atoms with Crippen molar-refractivity contribution in [3.63, 3.8) is 0 Å². The first-order chi connectivity index (χ1) is 13.3. The van der Waals surface area contributed by atoms with Gasteiger partial charge in [0.25, 0.3) is 5.91 Å². The Kier molecular flexibility index (Phi) is 5.99. The average Bonchev–Trinajstić information content (AvgIpc) is 3.17. The predicted molar refractivity (Wildman–Crippen MR) is 110 cm³/mol. The lowest BCUT2D eigenvalue weighted by atomic mass is 10.1. The van der Waals surface area contributed by atoms with Gasteiger partial charge in [-0.15, -0.1) is 0 Å². The van der Waals surface area contributed by atoms with Crippen molar-refractivity contribution in [2.24, 2.45) is 0 Å². The molecule has 1 N–H and O–H groups in total. The molecule has 3 rings (SSSR count). The molecule has 3 aromatic rings. The molecular formula is C21H23ClN4O2. The molecule has 0 bridgehead atoms. The minimum Gasteiger partial charge on any atom is -0.490 e. The fourth-order valence-electron chi connectivity index (χ4n) is 2.55. The van der Waals surface area contributed by atoms with Crippen molar-refractivity contribution >= 4 is 17.5 Å². The third kappa shape index (κ3) is 4.89. The fraction of sp³-hybridized carbons (Fsp3) is 0.286. The highest BCUT2D eigenvalue weighted by molar-refractivity contribution is 6.32. The Morgan fingerprint density at radius 1 is 1.21 bits per heavy atom. The second-order valence-electron chi connectivity index (χ2n) is 7.31. The summed E-state index contributed by atoms with van der Waals surface area (Å²) in [5.74, 6) is 0.335. The molecule has 1 aromatic carbocycles. The fourth-order valence-corrected chi connectivity index (χ4v) is 2.74. The van der Waals surface area contributed by atoms with Crippen molar-refractivity contribution in [1.82, 2.24) is 20.1 Å². The number of carbonyl (C=O) groups is 1. The minimum atomic E-state index is -0.257. The number of ether oxygens (including phenoxy) is 1. The van der Waals surface area contributed by atoms with Crippen LogP contribution in [0, 0.1) is 0 Å². The Labute approximate surface area is 169 Å². The van der Waals surface area contributed by atoms with Crippen molar-refractivity contribution in [2.75, 3.05) is 13.2 Å². The van der Waals surface area contributed by atoms with Gasteiger partial charge in [-0.05, 0) is 50.6 Å². The van der Waals surface area contributed by atoms with Crippen LogP contribution in [0.2, 0.25) is 5.02 Å². The van der Waals surface area contributed by atoms with E-state index in [0.29, 0.717) is 29.6 Å². The highest BCUT2D eigenvalue weighted by atomic mass is 35.5. The highest BCUT2D eigenvalue weighted by Crippen LogP contribution is 2.23. The first kappa shape index (κ1) is 19.9. The molecule has 2 heterocycles. The molecular weight excluding hydrogens is 376 g/mol. The highest BCUT2D eigenvalue weighted by Gasteiger charge is 2.15. The Balaban J connectivity index is 1.59. The van der Waals surface area contributed by atoms with Crippen molar-refractivity contribution in [1.29, 1.82) is 0 Å². The third-order valence-electron chi connectivity index (χ3n) is 4.08. The molecule has 0 spiro atoms. The monoisotopic (exact) mass is 398 g/mol. The van der Waals surface area contributed by atoms with Gasteiger partial charge in [-0.1, -0.05) is 23.7 Å². The van der Waals surface area contributed by atoms with Gasteiger partial charge >= 0.3 is 0 Å². The molecule has 0 aliphatic heterocycles. The van der Waals surface area contributed by atoms with Crippen LogP contribution in [0.15, 0.2) is 55.0 Å². The van der Waals surface area contributed by atoms with Gasteiger partial charge < -0.3 is 10.1 Å². The Hall–Kier alpha value is -2.86. The predicted octanol–water partition coefficient (Wildman–Crippen LogP) is 4.16. The Morgan fingerprint density at radius 2 is 2.00 bits per heavy atom. The number of para-hydroxylation sites is 1. The molecule has 7 heteroatoms. The molecule has 2 aromatic heterocycles. The van der Waals surface area contributed by atoms with Crippen LogP contribution < -0.4 is 10.1 Å². The van der Waals surface area contributed by atoms with Gasteiger partial charge in [0.1, 0.15) is 18.1 Å². The molecule has 6 nitrogen and oxygen atoms in total. The van der Waals surface area contributed by atoms with Crippen molar-refractivity contribution < 1.29 is 9.53 Å². The number of nitrogens with zero attached hydrogens (tertiary/aromatic N) is 3. The van der Waals surface area contributed by atoms with Gasteiger partial charge in [-0.3, -0.25) is 14.5 Å². The summed E-state index contributed by atoms with van der Waals surface area (Å²) < 4.78 is 7.47. The lowest BCUT2D eigenvalue weighted by Gasteiger charge is -2.18. The molecule has 0 aliphatic rings. The van der Waals surface area contributed by atoms with Gasteiger partial charge in [0.05, 0.1) is 23.3 Å². The Morgan fingerprint density at radius 3 is 2.71 bits per heavy atom. The summed E-state index contributed by atoms with van der Waals surface area (Å²) >= 11 is 6.04. The van der Waals surface area contributed by atoms with Crippen LogP contribution in [0.4, 0.5) is 0 Å². The van der Waals surface area contributed by atoms with Crippen LogP contribution in [0.25, 0.3) is 11.1 Å². The summed E-state index contributed by atoms with van der Waals surface area (Å²) in [6, 6.07) is 10.8. The maximum Gasteiger partial charge on any atom is 0.270 e. The van der Waals surface area contributed by atoms with E-state index in [0.717, 1.165) is 11.1 Å². The topological polar surface area (TPSA) is 69.0 Å². The minimum absolute atomic E-state index is 0.104. The normalized spacial score (nSPS) is 11.3. The summed E-state index contributed by atoms with van der Waals surface area (Å²) in [5, 5.41) is 7.75. The SMILES string of the molecule is CC(C)(C)n1cc(-c2ccnc(C(=O)NCCOc3ccccc3Cl)c2)cn1. The lowest BCUT2D eigenvalue weighted by Crippen LogP contribution is -2.28. The maximum atomic E-state index is 12.4. The van der Waals surface area contributed by atoms with E-state index in [2.05, 4.69) is 36.2 Å². The van der Waals surface area contributed by atoms with Crippen molar-refractivity contribution in [3.8, 4) is 16.9 Å². The largest absolute Gasteiger partial charge is 0.490 e. The van der Waals surface area contributed by atoms with E-state index in [1.165, 1.54) is 0 Å². The number of hydrogen-bond acceptors (Lipinski definition) is 4. The van der Waals surface area contributed by atoms with E-state index in [-0.39, 0.29) is 11.4 Å². The van der Waals surface area contributed by atoms with E-state index in [1.807, 2.05) is 29.1 Å². The first-order valence-corrected chi connectivity index (χ1v) is 9.39. The molecule has 0 fully saturated rings. The number of pyridine rings is 1. The second kappa shape index (κ2) is 8.44. The number of aromatic nitrogens is 3. The number of nitrogens with one attached hydrogen (secondary N) is 1. The van der Waals surface area contributed by atoms with Crippen LogP contribution in [0.3, 0.4) is 0 Å². The summed E-state index contributed by atoms with van der Waals surface area (Å²) in [6.45, 7) is 6.91. The molecule has 0 unspecified atom stereocenters. The maximum absolute atomic E-state index is 12.4. The zero-order valence-corrected chi connectivity index (χ0v) is 16.9. The van der Waals surface area contributed by atoms with E-state index < -0.39 is 0 Å².